The summed E-state index contributed by atoms with van der Waals surface area (Å²) in [5.74, 6) is 13.0. The van der Waals surface area contributed by atoms with Crippen LogP contribution in [-0.2, 0) is 0 Å². The Labute approximate surface area is 171 Å². The first-order valence-electron chi connectivity index (χ1n) is 12.6. The zero-order valence-corrected chi connectivity index (χ0v) is 16.7. The van der Waals surface area contributed by atoms with Gasteiger partial charge in [0.1, 0.15) is 0 Å². The van der Waals surface area contributed by atoms with Gasteiger partial charge in [-0.25, -0.2) is 0 Å². The molecule has 0 spiro atoms. The van der Waals surface area contributed by atoms with Crippen LogP contribution in [0.4, 0.5) is 0 Å². The van der Waals surface area contributed by atoms with Crippen molar-refractivity contribution in [1.29, 1.82) is 0 Å². The second-order valence-electron chi connectivity index (χ2n) is 12.9. The predicted molar refractivity (Wildman–Crippen MR) is 112 cm³/mol. The SMILES string of the molecule is C1=C[C@H]2C[C@@H]1C1C2C2C1[C@@]13C[C@@]21C1C2C(C13)[C@@H]1C[C@H]2c2cc3ccccc3cc21. The van der Waals surface area contributed by atoms with Crippen LogP contribution in [0.3, 0.4) is 0 Å². The minimum Gasteiger partial charge on any atom is -0.0848 e. The Morgan fingerprint density at radius 1 is 0.621 bits per heavy atom. The predicted octanol–water partition coefficient (Wildman–Crippen LogP) is 5.99. The highest BCUT2D eigenvalue weighted by atomic mass is 15.1. The first-order chi connectivity index (χ1) is 14.3. The van der Waals surface area contributed by atoms with Gasteiger partial charge in [-0.15, -0.1) is 0 Å². The maximum absolute atomic E-state index is 2.64. The molecule has 0 nitrogen and oxygen atoms in total. The molecule has 2 aromatic carbocycles. The average molecular weight is 375 g/mol. The number of fused-ring (bicyclic) bond motifs is 20. The zero-order chi connectivity index (χ0) is 18.0. The fourth-order valence-electron chi connectivity index (χ4n) is 13.3. The van der Waals surface area contributed by atoms with Crippen molar-refractivity contribution >= 4 is 10.8 Å². The van der Waals surface area contributed by atoms with Crippen molar-refractivity contribution in [3.05, 3.63) is 59.7 Å². The molecule has 0 aromatic heterocycles. The molecule has 142 valence electrons. The molecule has 0 amide bonds. The smallest absolute Gasteiger partial charge is 0.0119 e. The Balaban J connectivity index is 1.05. The third-order valence-corrected chi connectivity index (χ3v) is 13.4. The van der Waals surface area contributed by atoms with Gasteiger partial charge in [0, 0.05) is 0 Å². The Morgan fingerprint density at radius 3 is 1.69 bits per heavy atom. The lowest BCUT2D eigenvalue weighted by Crippen LogP contribution is -2.81. The summed E-state index contributed by atoms with van der Waals surface area (Å²) in [6, 6.07) is 14.3. The molecule has 0 aliphatic heterocycles. The van der Waals surface area contributed by atoms with E-state index in [-0.39, 0.29) is 0 Å². The highest BCUT2D eigenvalue weighted by Gasteiger charge is 3.05. The molecule has 7 saturated carbocycles. The Morgan fingerprint density at radius 2 is 1.14 bits per heavy atom. The maximum Gasteiger partial charge on any atom is -0.0119 e. The molecule has 0 heterocycles. The molecule has 14 atom stereocenters. The van der Waals surface area contributed by atoms with Crippen molar-refractivity contribution in [1.82, 2.24) is 0 Å². The summed E-state index contributed by atoms with van der Waals surface area (Å²) in [7, 11) is 0. The van der Waals surface area contributed by atoms with Crippen LogP contribution in [0.5, 0.6) is 0 Å². The normalized spacial score (nSPS) is 65.7. The van der Waals surface area contributed by atoms with Gasteiger partial charge < -0.3 is 0 Å². The molecule has 11 rings (SSSR count). The van der Waals surface area contributed by atoms with Crippen LogP contribution >= 0.6 is 0 Å². The van der Waals surface area contributed by atoms with E-state index in [4.69, 9.17) is 0 Å². The summed E-state index contributed by atoms with van der Waals surface area (Å²) in [6.45, 7) is 0. The quantitative estimate of drug-likeness (QED) is 0.392. The van der Waals surface area contributed by atoms with E-state index in [1.54, 1.807) is 24.0 Å². The second kappa shape index (κ2) is 3.55. The van der Waals surface area contributed by atoms with Crippen molar-refractivity contribution in [3.63, 3.8) is 0 Å². The van der Waals surface area contributed by atoms with Crippen molar-refractivity contribution in [2.24, 2.45) is 70.0 Å². The third-order valence-electron chi connectivity index (χ3n) is 13.4. The van der Waals surface area contributed by atoms with Crippen LogP contribution in [-0.4, -0.2) is 0 Å². The van der Waals surface area contributed by atoms with E-state index in [0.717, 1.165) is 70.0 Å². The van der Waals surface area contributed by atoms with Crippen molar-refractivity contribution < 1.29 is 0 Å². The van der Waals surface area contributed by atoms with E-state index >= 15 is 0 Å². The van der Waals surface area contributed by atoms with Gasteiger partial charge in [-0.05, 0) is 123 Å². The average Bonchev–Trinajstić information content (AvgIpc) is 3.26. The molecular weight excluding hydrogens is 348 g/mol. The Kier molecular flexibility index (Phi) is 1.67. The summed E-state index contributed by atoms with van der Waals surface area (Å²) in [6.07, 6.45) is 10.0. The highest BCUT2D eigenvalue weighted by Crippen LogP contribution is 3.09. The largest absolute Gasteiger partial charge is 0.0848 e. The van der Waals surface area contributed by atoms with E-state index in [2.05, 4.69) is 48.6 Å². The van der Waals surface area contributed by atoms with Gasteiger partial charge in [0.25, 0.3) is 0 Å². The summed E-state index contributed by atoms with van der Waals surface area (Å²) in [5, 5.41) is 2.97. The molecule has 7 fully saturated rings. The lowest BCUT2D eigenvalue weighted by atomic mass is 9.19. The minimum absolute atomic E-state index is 0.893. The van der Waals surface area contributed by atoms with E-state index < -0.39 is 0 Å². The summed E-state index contributed by atoms with van der Waals surface area (Å²) < 4.78 is 0. The summed E-state index contributed by atoms with van der Waals surface area (Å²) in [4.78, 5) is 0. The fraction of sp³-hybridized carbons (Fsp3) is 0.586. The maximum atomic E-state index is 2.64. The Bertz CT molecular complexity index is 1160. The van der Waals surface area contributed by atoms with Gasteiger partial charge in [0.05, 0.1) is 0 Å². The highest BCUT2D eigenvalue weighted by molar-refractivity contribution is 5.85. The monoisotopic (exact) mass is 374 g/mol. The molecule has 2 aromatic rings. The van der Waals surface area contributed by atoms with E-state index in [1.165, 1.54) is 29.0 Å². The number of benzene rings is 2. The van der Waals surface area contributed by atoms with Crippen molar-refractivity contribution in [2.45, 2.75) is 31.1 Å². The molecule has 0 saturated heterocycles. The van der Waals surface area contributed by atoms with Gasteiger partial charge in [0.2, 0.25) is 0 Å². The van der Waals surface area contributed by atoms with Gasteiger partial charge >= 0.3 is 0 Å². The van der Waals surface area contributed by atoms with E-state index in [9.17, 15) is 0 Å². The standard InChI is InChI=1S/C29H26/c1-2-4-13-9-17-16(8-12(13)3-1)18-10-19(17)23-22(18)26-27(23)29-11-28(26,29)24-20-14-5-6-15(7-14)21(20)25(24)29/h1-6,8-9,14-15,18-27H,7,10-11H2/t14-,15+,18-,19+,20?,21?,22?,23?,24?,25?,26?,27?,28-,29+. The molecule has 8 unspecified atom stereocenters. The fourth-order valence-corrected chi connectivity index (χ4v) is 13.3. The van der Waals surface area contributed by atoms with Crippen molar-refractivity contribution in [3.8, 4) is 0 Å². The van der Waals surface area contributed by atoms with Crippen LogP contribution in [0.25, 0.3) is 10.8 Å². The van der Waals surface area contributed by atoms with Crippen LogP contribution in [0.15, 0.2) is 48.6 Å². The number of allylic oxidation sites excluding steroid dienone is 2. The van der Waals surface area contributed by atoms with E-state index in [0.29, 0.717) is 0 Å². The van der Waals surface area contributed by atoms with Crippen LogP contribution in [0, 0.1) is 70.0 Å². The topological polar surface area (TPSA) is 0 Å². The van der Waals surface area contributed by atoms with Gasteiger partial charge in [-0.1, -0.05) is 48.6 Å². The number of hydrogen-bond donors (Lipinski definition) is 0. The molecule has 0 radical (unpaired) electrons. The van der Waals surface area contributed by atoms with Gasteiger partial charge in [-0.3, -0.25) is 0 Å². The third kappa shape index (κ3) is 0.972. The molecule has 9 aliphatic carbocycles. The van der Waals surface area contributed by atoms with Gasteiger partial charge in [-0.2, -0.15) is 0 Å². The Hall–Kier alpha value is -1.56. The number of hydrogen-bond acceptors (Lipinski definition) is 0. The summed E-state index contributed by atoms with van der Waals surface area (Å²) in [5.41, 5.74) is 5.36. The zero-order valence-electron chi connectivity index (χ0n) is 16.7. The molecule has 0 N–H and O–H groups in total. The summed E-state index contributed by atoms with van der Waals surface area (Å²) >= 11 is 0. The molecule has 9 aliphatic rings. The first-order valence-corrected chi connectivity index (χ1v) is 12.6. The number of rotatable bonds is 0. The first kappa shape index (κ1) is 13.7. The van der Waals surface area contributed by atoms with Gasteiger partial charge in [0.15, 0.2) is 0 Å². The second-order valence-corrected chi connectivity index (χ2v) is 12.9. The molecule has 0 heteroatoms. The molecule has 29 heavy (non-hydrogen) atoms. The van der Waals surface area contributed by atoms with E-state index in [1.807, 2.05) is 0 Å². The van der Waals surface area contributed by atoms with Crippen LogP contribution in [0.2, 0.25) is 0 Å². The minimum atomic E-state index is 0.893. The van der Waals surface area contributed by atoms with Crippen molar-refractivity contribution in [2.75, 3.05) is 0 Å². The lowest BCUT2D eigenvalue weighted by molar-refractivity contribution is -0.375. The molecular formula is C29H26. The van der Waals surface area contributed by atoms with Crippen LogP contribution in [0.1, 0.15) is 42.2 Å². The lowest BCUT2D eigenvalue weighted by Gasteiger charge is -2.84. The molecule has 4 bridgehead atoms. The van der Waals surface area contributed by atoms with Crippen LogP contribution < -0.4 is 0 Å².